The summed E-state index contributed by atoms with van der Waals surface area (Å²) in [5.41, 5.74) is -0.311. The molecule has 0 aliphatic heterocycles. The summed E-state index contributed by atoms with van der Waals surface area (Å²) in [4.78, 5) is 10.2. The fraction of sp³-hybridized carbons (Fsp3) is 0.222. The van der Waals surface area contributed by atoms with Gasteiger partial charge in [0.1, 0.15) is 0 Å². The number of rotatable bonds is 3. The highest BCUT2D eigenvalue weighted by Gasteiger charge is 2.17. The summed E-state index contributed by atoms with van der Waals surface area (Å²) in [6, 6.07) is 1.12. The molecule has 82 valence electrons. The van der Waals surface area contributed by atoms with Crippen LogP contribution in [0.25, 0.3) is 0 Å². The van der Waals surface area contributed by atoms with E-state index in [1.54, 1.807) is 0 Å². The lowest BCUT2D eigenvalue weighted by Gasteiger charge is -2.08. The summed E-state index contributed by atoms with van der Waals surface area (Å²) >= 11 is 0. The summed E-state index contributed by atoms with van der Waals surface area (Å²) < 4.78 is 37.8. The third-order valence-electron chi connectivity index (χ3n) is 1.76. The Balaban J connectivity index is 3.00. The number of aliphatic hydroxyl groups is 1. The van der Waals surface area contributed by atoms with Crippen molar-refractivity contribution in [2.24, 2.45) is 0 Å². The van der Waals surface area contributed by atoms with Gasteiger partial charge in [0.05, 0.1) is 12.5 Å². The van der Waals surface area contributed by atoms with Crippen LogP contribution >= 0.6 is 0 Å². The molecule has 0 aromatic heterocycles. The molecule has 1 atom stereocenters. The van der Waals surface area contributed by atoms with E-state index < -0.39 is 35.9 Å². The van der Waals surface area contributed by atoms with E-state index >= 15 is 0 Å². The minimum atomic E-state index is -1.65. The lowest BCUT2D eigenvalue weighted by atomic mass is 10.1. The van der Waals surface area contributed by atoms with E-state index in [9.17, 15) is 23.1 Å². The van der Waals surface area contributed by atoms with E-state index in [-0.39, 0.29) is 5.56 Å². The standard InChI is InChI=1S/C9H7F3O3/c10-5-1-4(2-6(11)9(5)12)7(13)3-8(14)15/h1-2,7,13H,3H2,(H,14,15). The van der Waals surface area contributed by atoms with Gasteiger partial charge in [-0.1, -0.05) is 0 Å². The van der Waals surface area contributed by atoms with E-state index in [4.69, 9.17) is 5.11 Å². The van der Waals surface area contributed by atoms with Crippen molar-refractivity contribution in [3.8, 4) is 0 Å². The number of hydrogen-bond donors (Lipinski definition) is 2. The normalized spacial score (nSPS) is 12.5. The van der Waals surface area contributed by atoms with E-state index in [0.717, 1.165) is 0 Å². The minimum Gasteiger partial charge on any atom is -0.481 e. The van der Waals surface area contributed by atoms with Crippen LogP contribution in [0.5, 0.6) is 0 Å². The van der Waals surface area contributed by atoms with Crippen LogP contribution < -0.4 is 0 Å². The average Bonchev–Trinajstić information content (AvgIpc) is 2.12. The van der Waals surface area contributed by atoms with Gasteiger partial charge >= 0.3 is 5.97 Å². The van der Waals surface area contributed by atoms with E-state index in [2.05, 4.69) is 0 Å². The average molecular weight is 220 g/mol. The molecule has 1 aromatic carbocycles. The van der Waals surface area contributed by atoms with Crippen molar-refractivity contribution in [2.75, 3.05) is 0 Å². The van der Waals surface area contributed by atoms with Crippen molar-refractivity contribution in [3.63, 3.8) is 0 Å². The van der Waals surface area contributed by atoms with Crippen LogP contribution in [0.4, 0.5) is 13.2 Å². The van der Waals surface area contributed by atoms with Gasteiger partial charge in [0.15, 0.2) is 17.5 Å². The SMILES string of the molecule is O=C(O)CC(O)c1cc(F)c(F)c(F)c1. The van der Waals surface area contributed by atoms with Gasteiger partial charge in [-0.15, -0.1) is 0 Å². The molecular formula is C9H7F3O3. The number of hydrogen-bond acceptors (Lipinski definition) is 2. The molecule has 0 saturated heterocycles. The smallest absolute Gasteiger partial charge is 0.306 e. The Morgan fingerprint density at radius 2 is 1.73 bits per heavy atom. The maximum Gasteiger partial charge on any atom is 0.306 e. The first-order valence-corrected chi connectivity index (χ1v) is 3.96. The summed E-state index contributed by atoms with van der Waals surface area (Å²) in [5.74, 6) is -5.90. The Labute approximate surface area is 82.8 Å². The van der Waals surface area contributed by atoms with Gasteiger partial charge in [0, 0.05) is 0 Å². The molecule has 6 heteroatoms. The number of aliphatic carboxylic acids is 1. The Hall–Kier alpha value is -1.56. The molecule has 0 aliphatic carbocycles. The molecule has 1 unspecified atom stereocenters. The second kappa shape index (κ2) is 4.31. The van der Waals surface area contributed by atoms with Gasteiger partial charge in [-0.25, -0.2) is 13.2 Å². The third-order valence-corrected chi connectivity index (χ3v) is 1.76. The van der Waals surface area contributed by atoms with Crippen molar-refractivity contribution < 1.29 is 28.2 Å². The zero-order valence-electron chi connectivity index (χ0n) is 7.38. The van der Waals surface area contributed by atoms with Gasteiger partial charge in [-0.3, -0.25) is 4.79 Å². The lowest BCUT2D eigenvalue weighted by molar-refractivity contribution is -0.139. The fourth-order valence-corrected chi connectivity index (χ4v) is 1.05. The first kappa shape index (κ1) is 11.5. The molecule has 1 aromatic rings. The largest absolute Gasteiger partial charge is 0.481 e. The molecule has 0 radical (unpaired) electrons. The quantitative estimate of drug-likeness (QED) is 0.761. The minimum absolute atomic E-state index is 0.311. The zero-order chi connectivity index (χ0) is 11.6. The fourth-order valence-electron chi connectivity index (χ4n) is 1.05. The number of aliphatic hydroxyl groups excluding tert-OH is 1. The lowest BCUT2D eigenvalue weighted by Crippen LogP contribution is -2.07. The van der Waals surface area contributed by atoms with Gasteiger partial charge in [-0.05, 0) is 17.7 Å². The molecule has 15 heavy (non-hydrogen) atoms. The third kappa shape index (κ3) is 2.69. The summed E-state index contributed by atoms with van der Waals surface area (Å²) in [7, 11) is 0. The number of carbonyl (C=O) groups is 1. The first-order valence-electron chi connectivity index (χ1n) is 3.96. The maximum atomic E-state index is 12.7. The van der Waals surface area contributed by atoms with Crippen molar-refractivity contribution >= 4 is 5.97 Å². The maximum absolute atomic E-state index is 12.7. The molecule has 1 rings (SSSR count). The second-order valence-corrected chi connectivity index (χ2v) is 2.91. The van der Waals surface area contributed by atoms with Crippen molar-refractivity contribution in [2.45, 2.75) is 12.5 Å². The molecular weight excluding hydrogens is 213 g/mol. The topological polar surface area (TPSA) is 57.5 Å². The van der Waals surface area contributed by atoms with Crippen LogP contribution in [0.3, 0.4) is 0 Å². The first-order chi connectivity index (χ1) is 6.91. The van der Waals surface area contributed by atoms with Gasteiger partial charge in [-0.2, -0.15) is 0 Å². The molecule has 2 N–H and O–H groups in total. The van der Waals surface area contributed by atoms with Crippen molar-refractivity contribution in [3.05, 3.63) is 35.1 Å². The van der Waals surface area contributed by atoms with E-state index in [1.165, 1.54) is 0 Å². The number of halogens is 3. The highest BCUT2D eigenvalue weighted by Crippen LogP contribution is 2.21. The summed E-state index contributed by atoms with van der Waals surface area (Å²) in [5, 5.41) is 17.5. The second-order valence-electron chi connectivity index (χ2n) is 2.91. The van der Waals surface area contributed by atoms with Crippen LogP contribution in [0, 0.1) is 17.5 Å². The van der Waals surface area contributed by atoms with Crippen LogP contribution in [-0.2, 0) is 4.79 Å². The zero-order valence-corrected chi connectivity index (χ0v) is 7.38. The van der Waals surface area contributed by atoms with E-state index in [1.807, 2.05) is 0 Å². The highest BCUT2D eigenvalue weighted by molar-refractivity contribution is 5.67. The Morgan fingerprint density at radius 1 is 1.27 bits per heavy atom. The molecule has 0 bridgehead atoms. The van der Waals surface area contributed by atoms with Crippen LogP contribution in [0.1, 0.15) is 18.1 Å². The van der Waals surface area contributed by atoms with Crippen LogP contribution in [-0.4, -0.2) is 16.2 Å². The summed E-state index contributed by atoms with van der Waals surface area (Å²) in [6.45, 7) is 0. The van der Waals surface area contributed by atoms with Gasteiger partial charge in [0.25, 0.3) is 0 Å². The predicted octanol–water partition coefficient (Wildman–Crippen LogP) is 1.61. The molecule has 0 heterocycles. The van der Waals surface area contributed by atoms with Crippen LogP contribution in [0.15, 0.2) is 12.1 Å². The number of carboxylic acids is 1. The van der Waals surface area contributed by atoms with Crippen molar-refractivity contribution in [1.29, 1.82) is 0 Å². The Bertz CT molecular complexity index is 369. The predicted molar refractivity (Wildman–Crippen MR) is 43.5 cm³/mol. The van der Waals surface area contributed by atoms with E-state index in [0.29, 0.717) is 12.1 Å². The molecule has 0 fully saturated rings. The van der Waals surface area contributed by atoms with Gasteiger partial charge < -0.3 is 10.2 Å². The van der Waals surface area contributed by atoms with Gasteiger partial charge in [0.2, 0.25) is 0 Å². The molecule has 3 nitrogen and oxygen atoms in total. The Morgan fingerprint density at radius 3 is 2.13 bits per heavy atom. The molecule has 0 spiro atoms. The van der Waals surface area contributed by atoms with Crippen LogP contribution in [0.2, 0.25) is 0 Å². The van der Waals surface area contributed by atoms with Crippen molar-refractivity contribution in [1.82, 2.24) is 0 Å². The Kier molecular flexibility index (Phi) is 3.31. The molecule has 0 saturated carbocycles. The highest BCUT2D eigenvalue weighted by atomic mass is 19.2. The summed E-state index contributed by atoms with van der Waals surface area (Å²) in [6.07, 6.45) is -2.27. The number of benzene rings is 1. The number of carboxylic acid groups (broad SMARTS) is 1. The monoisotopic (exact) mass is 220 g/mol. The molecule has 0 amide bonds. The molecule has 0 aliphatic rings.